The zero-order valence-corrected chi connectivity index (χ0v) is 7.24. The zero-order valence-electron chi connectivity index (χ0n) is 7.24. The van der Waals surface area contributed by atoms with Crippen LogP contribution in [0.25, 0.3) is 0 Å². The summed E-state index contributed by atoms with van der Waals surface area (Å²) in [7, 11) is 0. The second-order valence-corrected chi connectivity index (χ2v) is 2.51. The molecule has 0 radical (unpaired) electrons. The van der Waals surface area contributed by atoms with E-state index in [-0.39, 0.29) is 11.1 Å². The molecule has 5 heteroatoms. The highest BCUT2D eigenvalue weighted by Gasteiger charge is 2.22. The van der Waals surface area contributed by atoms with Gasteiger partial charge in [0.2, 0.25) is 0 Å². The van der Waals surface area contributed by atoms with Gasteiger partial charge in [0, 0.05) is 5.57 Å². The van der Waals surface area contributed by atoms with E-state index in [0.717, 1.165) is 0 Å². The van der Waals surface area contributed by atoms with Crippen LogP contribution < -0.4 is 0 Å². The summed E-state index contributed by atoms with van der Waals surface area (Å²) in [6, 6.07) is 1.52. The summed E-state index contributed by atoms with van der Waals surface area (Å²) in [6.45, 7) is 2.59. The van der Waals surface area contributed by atoms with Gasteiger partial charge >= 0.3 is 11.9 Å². The van der Waals surface area contributed by atoms with Crippen molar-refractivity contribution in [3.8, 4) is 6.07 Å². The second-order valence-electron chi connectivity index (χ2n) is 2.51. The largest absolute Gasteiger partial charge is 0.480 e. The van der Waals surface area contributed by atoms with Crippen molar-refractivity contribution in [1.82, 2.24) is 0 Å². The fourth-order valence-electron chi connectivity index (χ4n) is 0.722. The molecule has 0 amide bonds. The van der Waals surface area contributed by atoms with Crippen molar-refractivity contribution < 1.29 is 19.8 Å². The third kappa shape index (κ3) is 2.60. The van der Waals surface area contributed by atoms with Crippen LogP contribution in [0.4, 0.5) is 0 Å². The molecule has 0 aliphatic heterocycles. The number of carboxylic acids is 2. The maximum Gasteiger partial charge on any atom is 0.331 e. The number of hydrogen-bond acceptors (Lipinski definition) is 3. The van der Waals surface area contributed by atoms with Gasteiger partial charge in [0.05, 0.1) is 6.07 Å². The van der Waals surface area contributed by atoms with Crippen LogP contribution in [0.2, 0.25) is 0 Å². The van der Waals surface area contributed by atoms with E-state index >= 15 is 0 Å². The Kier molecular flexibility index (Phi) is 3.66. The molecular weight excluding hydrogens is 174 g/mol. The molecule has 5 nitrogen and oxygen atoms in total. The summed E-state index contributed by atoms with van der Waals surface area (Å²) < 4.78 is 0. The lowest BCUT2D eigenvalue weighted by Gasteiger charge is -2.05. The summed E-state index contributed by atoms with van der Waals surface area (Å²) >= 11 is 0. The molecule has 0 spiro atoms. The molecule has 0 heterocycles. The normalized spacial score (nSPS) is 13.9. The minimum Gasteiger partial charge on any atom is -0.480 e. The monoisotopic (exact) mass is 183 g/mol. The van der Waals surface area contributed by atoms with Gasteiger partial charge in [-0.3, -0.25) is 4.79 Å². The number of hydrogen-bond donors (Lipinski definition) is 2. The van der Waals surface area contributed by atoms with Crippen LogP contribution in [0.3, 0.4) is 0 Å². The van der Waals surface area contributed by atoms with Crippen molar-refractivity contribution in [3.05, 3.63) is 11.1 Å². The Hall–Kier alpha value is -1.83. The second kappa shape index (κ2) is 4.26. The smallest absolute Gasteiger partial charge is 0.331 e. The minimum absolute atomic E-state index is 0.0579. The number of nitriles is 1. The van der Waals surface area contributed by atoms with Gasteiger partial charge in [-0.25, -0.2) is 4.79 Å². The number of rotatable bonds is 3. The zero-order chi connectivity index (χ0) is 10.6. The first kappa shape index (κ1) is 11.2. The van der Waals surface area contributed by atoms with Gasteiger partial charge in [-0.15, -0.1) is 0 Å². The van der Waals surface area contributed by atoms with Crippen LogP contribution in [0.5, 0.6) is 0 Å². The molecule has 0 saturated heterocycles. The van der Waals surface area contributed by atoms with Crippen LogP contribution in [0, 0.1) is 17.2 Å². The Morgan fingerprint density at radius 1 is 1.31 bits per heavy atom. The molecular formula is C8H9NO4. The predicted octanol–water partition coefficient (Wildman–Crippen LogP) is 0.632. The molecule has 0 aliphatic carbocycles. The third-order valence-corrected chi connectivity index (χ3v) is 1.72. The van der Waals surface area contributed by atoms with Crippen molar-refractivity contribution >= 4 is 11.9 Å². The van der Waals surface area contributed by atoms with Crippen LogP contribution in [0.15, 0.2) is 11.1 Å². The van der Waals surface area contributed by atoms with Crippen LogP contribution >= 0.6 is 0 Å². The van der Waals surface area contributed by atoms with E-state index < -0.39 is 17.9 Å². The van der Waals surface area contributed by atoms with Gasteiger partial charge in [-0.05, 0) is 19.4 Å². The van der Waals surface area contributed by atoms with E-state index in [1.807, 2.05) is 0 Å². The summed E-state index contributed by atoms with van der Waals surface area (Å²) in [5.41, 5.74) is -0.0450. The molecule has 0 aliphatic rings. The van der Waals surface area contributed by atoms with Crippen LogP contribution in [-0.4, -0.2) is 22.2 Å². The number of aliphatic carboxylic acids is 2. The first-order valence-electron chi connectivity index (χ1n) is 3.45. The highest BCUT2D eigenvalue weighted by Crippen LogP contribution is 2.14. The standard InChI is InChI=1S/C8H9NO4/c1-4(5(2)7(10)11)6(3-9)8(12)13/h6H,1-2H3,(H,10,11)(H,12,13)/b5-4+. The third-order valence-electron chi connectivity index (χ3n) is 1.72. The quantitative estimate of drug-likeness (QED) is 0.625. The predicted molar refractivity (Wildman–Crippen MR) is 42.7 cm³/mol. The van der Waals surface area contributed by atoms with Crippen molar-refractivity contribution in [2.24, 2.45) is 5.92 Å². The average molecular weight is 183 g/mol. The molecule has 1 atom stereocenters. The van der Waals surface area contributed by atoms with Crippen molar-refractivity contribution in [2.75, 3.05) is 0 Å². The maximum atomic E-state index is 10.4. The molecule has 0 fully saturated rings. The SMILES string of the molecule is C/C(C(=O)O)=C(/C)C(C#N)C(=O)O. The Bertz CT molecular complexity index is 311. The molecule has 0 rings (SSSR count). The lowest BCUT2D eigenvalue weighted by Crippen LogP contribution is -2.15. The summed E-state index contributed by atoms with van der Waals surface area (Å²) in [4.78, 5) is 20.9. The van der Waals surface area contributed by atoms with Gasteiger partial charge in [-0.2, -0.15) is 5.26 Å². The van der Waals surface area contributed by atoms with Crippen LogP contribution in [0.1, 0.15) is 13.8 Å². The molecule has 0 saturated carbocycles. The molecule has 0 aromatic carbocycles. The van der Waals surface area contributed by atoms with E-state index in [2.05, 4.69) is 0 Å². The topological polar surface area (TPSA) is 98.4 Å². The lowest BCUT2D eigenvalue weighted by atomic mass is 9.98. The first-order chi connectivity index (χ1) is 5.91. The molecule has 70 valence electrons. The number of carbonyl (C=O) groups is 2. The lowest BCUT2D eigenvalue weighted by molar-refractivity contribution is -0.138. The number of carboxylic acid groups (broad SMARTS) is 2. The Morgan fingerprint density at radius 3 is 2.00 bits per heavy atom. The molecule has 0 aromatic heterocycles. The number of nitrogens with zero attached hydrogens (tertiary/aromatic N) is 1. The van der Waals surface area contributed by atoms with E-state index in [1.54, 1.807) is 0 Å². The summed E-state index contributed by atoms with van der Waals surface area (Å²) in [5, 5.41) is 25.5. The van der Waals surface area contributed by atoms with Crippen molar-refractivity contribution in [1.29, 1.82) is 5.26 Å². The van der Waals surface area contributed by atoms with Gasteiger partial charge in [-0.1, -0.05) is 0 Å². The van der Waals surface area contributed by atoms with Crippen LogP contribution in [-0.2, 0) is 9.59 Å². The van der Waals surface area contributed by atoms with Gasteiger partial charge < -0.3 is 10.2 Å². The Morgan fingerprint density at radius 2 is 1.77 bits per heavy atom. The molecule has 2 N–H and O–H groups in total. The summed E-state index contributed by atoms with van der Waals surface area (Å²) in [5.74, 6) is -3.92. The Labute approximate surface area is 74.9 Å². The van der Waals surface area contributed by atoms with Crippen molar-refractivity contribution in [2.45, 2.75) is 13.8 Å². The molecule has 1 unspecified atom stereocenters. The fourth-order valence-corrected chi connectivity index (χ4v) is 0.722. The van der Waals surface area contributed by atoms with Gasteiger partial charge in [0.15, 0.2) is 5.92 Å². The molecule has 0 aromatic rings. The van der Waals surface area contributed by atoms with Crippen molar-refractivity contribution in [3.63, 3.8) is 0 Å². The van der Waals surface area contributed by atoms with Gasteiger partial charge in [0.25, 0.3) is 0 Å². The Balaban J connectivity index is 5.07. The maximum absolute atomic E-state index is 10.4. The van der Waals surface area contributed by atoms with E-state index in [1.165, 1.54) is 19.9 Å². The highest BCUT2D eigenvalue weighted by atomic mass is 16.4. The van der Waals surface area contributed by atoms with E-state index in [4.69, 9.17) is 15.5 Å². The highest BCUT2D eigenvalue weighted by molar-refractivity contribution is 5.89. The summed E-state index contributed by atoms with van der Waals surface area (Å²) in [6.07, 6.45) is 0. The average Bonchev–Trinajstić information content (AvgIpc) is 2.03. The fraction of sp³-hybridized carbons (Fsp3) is 0.375. The first-order valence-corrected chi connectivity index (χ1v) is 3.45. The minimum atomic E-state index is -1.38. The molecule has 0 bridgehead atoms. The molecule has 13 heavy (non-hydrogen) atoms. The van der Waals surface area contributed by atoms with E-state index in [9.17, 15) is 9.59 Å². The van der Waals surface area contributed by atoms with E-state index in [0.29, 0.717) is 0 Å². The van der Waals surface area contributed by atoms with Gasteiger partial charge in [0.1, 0.15) is 0 Å².